The molecule has 4 nitrogen and oxygen atoms in total. The number of hydrogen-bond donors (Lipinski definition) is 2. The topological polar surface area (TPSA) is 72.2 Å². The minimum absolute atomic E-state index is 0.0364. The zero-order valence-electron chi connectivity index (χ0n) is 9.95. The van der Waals surface area contributed by atoms with Crippen LogP contribution in [0.4, 0.5) is 0 Å². The second-order valence-corrected chi connectivity index (χ2v) is 6.03. The van der Waals surface area contributed by atoms with Crippen LogP contribution in [-0.2, 0) is 15.6 Å². The van der Waals surface area contributed by atoms with Gasteiger partial charge in [-0.2, -0.15) is 0 Å². The molecule has 3 atom stereocenters. The minimum atomic E-state index is -1.12. The van der Waals surface area contributed by atoms with Gasteiger partial charge in [0.15, 0.2) is 0 Å². The van der Waals surface area contributed by atoms with Gasteiger partial charge in [0.2, 0.25) is 5.91 Å². The Morgan fingerprint density at radius 2 is 1.87 bits per heavy atom. The zero-order chi connectivity index (χ0) is 12.0. The Hall–Kier alpha value is -0.420. The summed E-state index contributed by atoms with van der Waals surface area (Å²) in [4.78, 5) is 11.5. The van der Waals surface area contributed by atoms with Crippen molar-refractivity contribution >= 4 is 16.7 Å². The molecule has 0 bridgehead atoms. The maximum Gasteiger partial charge on any atom is 0.235 e. The van der Waals surface area contributed by atoms with Crippen molar-refractivity contribution in [1.29, 1.82) is 0 Å². The van der Waals surface area contributed by atoms with Crippen LogP contribution in [0.5, 0.6) is 0 Å². The van der Waals surface area contributed by atoms with Gasteiger partial charge in [0.1, 0.15) is 5.25 Å². The van der Waals surface area contributed by atoms with E-state index in [0.717, 1.165) is 0 Å². The van der Waals surface area contributed by atoms with Crippen LogP contribution in [0.25, 0.3) is 0 Å². The largest absolute Gasteiger partial charge is 0.353 e. The summed E-state index contributed by atoms with van der Waals surface area (Å²) in [6, 6.07) is 0.125. The first kappa shape index (κ1) is 14.6. The molecule has 90 valence electrons. The molecular weight excluding hydrogens is 212 g/mol. The fourth-order valence-electron chi connectivity index (χ4n) is 1.00. The average molecular weight is 234 g/mol. The quantitative estimate of drug-likeness (QED) is 0.698. The van der Waals surface area contributed by atoms with E-state index in [2.05, 4.69) is 5.32 Å². The number of carbonyl (C=O) groups is 1. The first-order valence-electron chi connectivity index (χ1n) is 5.27. The monoisotopic (exact) mass is 234 g/mol. The summed E-state index contributed by atoms with van der Waals surface area (Å²) in [5, 5.41) is 2.30. The van der Waals surface area contributed by atoms with E-state index in [1.165, 1.54) is 0 Å². The molecule has 0 spiro atoms. The Balaban J connectivity index is 4.02. The molecule has 0 aliphatic carbocycles. The second kappa shape index (κ2) is 6.95. The normalized spacial score (nSPS) is 17.2. The SMILES string of the molecule is CC(N)CCS(=O)C(C)C(=O)NC(C)C. The Morgan fingerprint density at radius 1 is 1.33 bits per heavy atom. The highest BCUT2D eigenvalue weighted by Gasteiger charge is 2.20. The number of amides is 1. The van der Waals surface area contributed by atoms with Gasteiger partial charge in [-0.05, 0) is 34.1 Å². The third kappa shape index (κ3) is 6.62. The van der Waals surface area contributed by atoms with Crippen LogP contribution >= 0.6 is 0 Å². The van der Waals surface area contributed by atoms with E-state index in [0.29, 0.717) is 12.2 Å². The van der Waals surface area contributed by atoms with E-state index >= 15 is 0 Å². The summed E-state index contributed by atoms with van der Waals surface area (Å²) in [7, 11) is -1.12. The maximum atomic E-state index is 11.7. The van der Waals surface area contributed by atoms with E-state index in [4.69, 9.17) is 5.73 Å². The molecule has 3 N–H and O–H groups in total. The summed E-state index contributed by atoms with van der Waals surface area (Å²) in [5.41, 5.74) is 5.56. The molecule has 0 saturated carbocycles. The standard InChI is InChI=1S/C10H22N2O2S/c1-7(2)12-10(13)9(4)15(14)6-5-8(3)11/h7-9H,5-6,11H2,1-4H3,(H,12,13). The van der Waals surface area contributed by atoms with Gasteiger partial charge < -0.3 is 11.1 Å². The van der Waals surface area contributed by atoms with Crippen LogP contribution in [0.1, 0.15) is 34.1 Å². The van der Waals surface area contributed by atoms with Crippen molar-refractivity contribution in [2.45, 2.75) is 51.4 Å². The molecule has 0 aliphatic heterocycles. The summed E-state index contributed by atoms with van der Waals surface area (Å²) in [6.45, 7) is 7.33. The van der Waals surface area contributed by atoms with E-state index in [1.54, 1.807) is 6.92 Å². The second-order valence-electron chi connectivity index (χ2n) is 4.16. The lowest BCUT2D eigenvalue weighted by Crippen LogP contribution is -2.40. The average Bonchev–Trinajstić information content (AvgIpc) is 2.11. The van der Waals surface area contributed by atoms with Crippen LogP contribution in [0, 0.1) is 0 Å². The van der Waals surface area contributed by atoms with Crippen molar-refractivity contribution in [2.24, 2.45) is 5.73 Å². The number of nitrogens with two attached hydrogens (primary N) is 1. The Bertz CT molecular complexity index is 229. The van der Waals surface area contributed by atoms with Crippen molar-refractivity contribution in [1.82, 2.24) is 5.32 Å². The van der Waals surface area contributed by atoms with Gasteiger partial charge in [-0.15, -0.1) is 0 Å². The fraction of sp³-hybridized carbons (Fsp3) is 0.900. The Morgan fingerprint density at radius 3 is 2.27 bits per heavy atom. The lowest BCUT2D eigenvalue weighted by atomic mass is 10.3. The number of nitrogens with one attached hydrogen (secondary N) is 1. The molecule has 0 radical (unpaired) electrons. The molecule has 0 saturated heterocycles. The van der Waals surface area contributed by atoms with Crippen molar-refractivity contribution in [3.05, 3.63) is 0 Å². The van der Waals surface area contributed by atoms with Crippen LogP contribution in [0.15, 0.2) is 0 Å². The van der Waals surface area contributed by atoms with Crippen LogP contribution < -0.4 is 11.1 Å². The Kier molecular flexibility index (Phi) is 6.76. The number of carbonyl (C=O) groups excluding carboxylic acids is 1. The van der Waals surface area contributed by atoms with Gasteiger partial charge in [0.05, 0.1) is 0 Å². The highest BCUT2D eigenvalue weighted by molar-refractivity contribution is 7.86. The third-order valence-electron chi connectivity index (χ3n) is 1.97. The lowest BCUT2D eigenvalue weighted by Gasteiger charge is -2.14. The predicted octanol–water partition coefficient (Wildman–Crippen LogP) is 0.386. The first-order valence-corrected chi connectivity index (χ1v) is 6.66. The summed E-state index contributed by atoms with van der Waals surface area (Å²) >= 11 is 0. The van der Waals surface area contributed by atoms with Crippen molar-refractivity contribution < 1.29 is 9.00 Å². The molecule has 0 aliphatic rings. The molecule has 0 fully saturated rings. The highest BCUT2D eigenvalue weighted by atomic mass is 32.2. The van der Waals surface area contributed by atoms with Gasteiger partial charge >= 0.3 is 0 Å². The van der Waals surface area contributed by atoms with E-state index < -0.39 is 16.0 Å². The molecule has 0 heterocycles. The van der Waals surface area contributed by atoms with Crippen LogP contribution in [-0.4, -0.2) is 33.2 Å². The van der Waals surface area contributed by atoms with Gasteiger partial charge in [-0.3, -0.25) is 9.00 Å². The zero-order valence-corrected chi connectivity index (χ0v) is 10.8. The molecule has 3 unspecified atom stereocenters. The third-order valence-corrected chi connectivity index (χ3v) is 3.61. The van der Waals surface area contributed by atoms with E-state index in [9.17, 15) is 9.00 Å². The molecular formula is C10H22N2O2S. The summed E-state index contributed by atoms with van der Waals surface area (Å²) in [6.07, 6.45) is 0.686. The molecule has 0 rings (SSSR count). The van der Waals surface area contributed by atoms with E-state index in [1.807, 2.05) is 20.8 Å². The maximum absolute atomic E-state index is 11.7. The van der Waals surface area contributed by atoms with Crippen molar-refractivity contribution in [3.8, 4) is 0 Å². The summed E-state index contributed by atoms with van der Waals surface area (Å²) in [5.74, 6) is 0.345. The predicted molar refractivity (Wildman–Crippen MR) is 64.0 cm³/mol. The van der Waals surface area contributed by atoms with Gasteiger partial charge in [0, 0.05) is 28.6 Å². The fourth-order valence-corrected chi connectivity index (χ4v) is 2.26. The smallest absolute Gasteiger partial charge is 0.235 e. The molecule has 5 heteroatoms. The van der Waals surface area contributed by atoms with Gasteiger partial charge in [0.25, 0.3) is 0 Å². The molecule has 15 heavy (non-hydrogen) atoms. The highest BCUT2D eigenvalue weighted by Crippen LogP contribution is 2.00. The minimum Gasteiger partial charge on any atom is -0.353 e. The lowest BCUT2D eigenvalue weighted by molar-refractivity contribution is -0.120. The van der Waals surface area contributed by atoms with Crippen molar-refractivity contribution in [2.75, 3.05) is 5.75 Å². The van der Waals surface area contributed by atoms with Crippen molar-refractivity contribution in [3.63, 3.8) is 0 Å². The van der Waals surface area contributed by atoms with Crippen LogP contribution in [0.3, 0.4) is 0 Å². The van der Waals surface area contributed by atoms with Gasteiger partial charge in [-0.1, -0.05) is 0 Å². The summed E-state index contributed by atoms with van der Waals surface area (Å²) < 4.78 is 11.7. The van der Waals surface area contributed by atoms with Gasteiger partial charge in [-0.25, -0.2) is 0 Å². The Labute approximate surface area is 94.4 Å². The number of hydrogen-bond acceptors (Lipinski definition) is 3. The first-order chi connectivity index (χ1) is 6.84. The molecule has 0 aromatic rings. The molecule has 1 amide bonds. The number of rotatable bonds is 6. The molecule has 0 aromatic carbocycles. The van der Waals surface area contributed by atoms with Crippen LogP contribution in [0.2, 0.25) is 0 Å². The van der Waals surface area contributed by atoms with E-state index in [-0.39, 0.29) is 18.0 Å². The molecule has 0 aromatic heterocycles.